The van der Waals surface area contributed by atoms with Crippen LogP contribution in [0.2, 0.25) is 0 Å². The van der Waals surface area contributed by atoms with Crippen molar-refractivity contribution in [2.45, 2.75) is 0 Å². The molecule has 0 aliphatic carbocycles. The molecule has 8 bridgehead atoms. The number of hydrogen-bond donors (Lipinski definition) is 4. The summed E-state index contributed by atoms with van der Waals surface area (Å²) in [5, 5.41) is 20.9. The van der Waals surface area contributed by atoms with Crippen LogP contribution >= 0.6 is 0 Å². The Morgan fingerprint density at radius 2 is 1.16 bits per heavy atom. The first-order valence-electron chi connectivity index (χ1n) is 10.2. The summed E-state index contributed by atoms with van der Waals surface area (Å²) in [6, 6.07) is 18.4. The molecule has 1 aromatic carbocycles. The minimum atomic E-state index is 0.00943. The van der Waals surface area contributed by atoms with Crippen LogP contribution in [0.5, 0.6) is 11.5 Å². The lowest BCUT2D eigenvalue weighted by Crippen LogP contribution is -1.80. The first kappa shape index (κ1) is 18.2. The first-order chi connectivity index (χ1) is 15.6. The lowest BCUT2D eigenvalue weighted by atomic mass is 10.0. The number of aromatic hydroxyl groups is 2. The number of phenols is 2. The van der Waals surface area contributed by atoms with Crippen molar-refractivity contribution in [2.24, 2.45) is 0 Å². The predicted molar refractivity (Wildman–Crippen MR) is 128 cm³/mol. The number of nitrogens with zero attached hydrogens (tertiary/aromatic N) is 2. The van der Waals surface area contributed by atoms with Crippen LogP contribution < -0.4 is 0 Å². The predicted octanol–water partition coefficient (Wildman–Crippen LogP) is 5.73. The molecule has 32 heavy (non-hydrogen) atoms. The molecule has 0 atom stereocenters. The van der Waals surface area contributed by atoms with Gasteiger partial charge < -0.3 is 20.2 Å². The molecule has 3 aromatic heterocycles. The zero-order valence-corrected chi connectivity index (χ0v) is 16.9. The monoisotopic (exact) mass is 418 g/mol. The molecule has 2 aliphatic heterocycles. The summed E-state index contributed by atoms with van der Waals surface area (Å²) >= 11 is 0. The maximum atomic E-state index is 10.5. The van der Waals surface area contributed by atoms with Gasteiger partial charge in [-0.3, -0.25) is 0 Å². The van der Waals surface area contributed by atoms with E-state index in [1.165, 1.54) is 0 Å². The van der Waals surface area contributed by atoms with Crippen LogP contribution in [-0.4, -0.2) is 30.1 Å². The van der Waals surface area contributed by atoms with Crippen molar-refractivity contribution < 1.29 is 10.2 Å². The van der Waals surface area contributed by atoms with Gasteiger partial charge in [0.2, 0.25) is 0 Å². The number of aromatic nitrogens is 4. The van der Waals surface area contributed by atoms with E-state index in [1.54, 1.807) is 18.2 Å². The van der Waals surface area contributed by atoms with Crippen LogP contribution in [-0.2, 0) is 0 Å². The molecule has 4 aromatic rings. The molecule has 5 heterocycles. The number of fused-ring (bicyclic) bond motifs is 8. The highest BCUT2D eigenvalue weighted by Crippen LogP contribution is 2.39. The molecule has 2 aliphatic rings. The second-order valence-corrected chi connectivity index (χ2v) is 7.76. The van der Waals surface area contributed by atoms with Crippen LogP contribution in [0.15, 0.2) is 60.7 Å². The minimum Gasteiger partial charge on any atom is -0.507 e. The summed E-state index contributed by atoms with van der Waals surface area (Å²) in [6.45, 7) is 0. The number of phenolic OH excluding ortho intramolecular Hbond substituents is 2. The second kappa shape index (κ2) is 6.99. The Morgan fingerprint density at radius 3 is 1.84 bits per heavy atom. The third-order valence-electron chi connectivity index (χ3n) is 5.46. The van der Waals surface area contributed by atoms with Gasteiger partial charge >= 0.3 is 0 Å². The van der Waals surface area contributed by atoms with Gasteiger partial charge in [0.25, 0.3) is 0 Å². The Bertz CT molecular complexity index is 1590. The van der Waals surface area contributed by atoms with Gasteiger partial charge in [-0.25, -0.2) is 9.97 Å². The standard InChI is InChI=1S/C26H18N4O2/c31-24-2-1-3-25(32)26(24)22-13-21-12-19-7-6-17(28-19)10-15-4-5-16(27-15)11-18-8-9-20(29-18)14-23(22)30-21/h1-14,28,30-32H. The van der Waals surface area contributed by atoms with Crippen molar-refractivity contribution >= 4 is 46.4 Å². The fourth-order valence-electron chi connectivity index (χ4n) is 4.03. The lowest BCUT2D eigenvalue weighted by molar-refractivity contribution is 0.454. The highest BCUT2D eigenvalue weighted by atomic mass is 16.3. The number of H-pyrrole nitrogens is 2. The molecule has 154 valence electrons. The van der Waals surface area contributed by atoms with E-state index < -0.39 is 0 Å². The van der Waals surface area contributed by atoms with Crippen molar-refractivity contribution in [2.75, 3.05) is 0 Å². The van der Waals surface area contributed by atoms with Gasteiger partial charge in [-0.15, -0.1) is 0 Å². The molecule has 6 heteroatoms. The highest BCUT2D eigenvalue weighted by molar-refractivity contribution is 5.92. The van der Waals surface area contributed by atoms with Crippen molar-refractivity contribution in [3.8, 4) is 22.6 Å². The van der Waals surface area contributed by atoms with E-state index >= 15 is 0 Å². The van der Waals surface area contributed by atoms with Gasteiger partial charge in [0.15, 0.2) is 0 Å². The van der Waals surface area contributed by atoms with Crippen LogP contribution in [0.3, 0.4) is 0 Å². The normalized spacial score (nSPS) is 12.4. The number of aromatic amines is 2. The van der Waals surface area contributed by atoms with E-state index in [0.717, 1.165) is 44.8 Å². The number of benzene rings is 1. The topological polar surface area (TPSA) is 97.8 Å². The Labute approximate surface area is 182 Å². The number of nitrogens with one attached hydrogen (secondary N) is 2. The van der Waals surface area contributed by atoms with Crippen LogP contribution in [0, 0.1) is 0 Å². The molecule has 4 N–H and O–H groups in total. The SMILES string of the molecule is Oc1cccc(O)c1-c1cc2cc3ccc(cc4nc(cc5nc(cc1[nH]2)C=C5)C=C4)[nH]3. The second-order valence-electron chi connectivity index (χ2n) is 7.76. The Kier molecular flexibility index (Phi) is 3.98. The van der Waals surface area contributed by atoms with Crippen molar-refractivity contribution in [3.05, 3.63) is 83.4 Å². The van der Waals surface area contributed by atoms with E-state index in [9.17, 15) is 10.2 Å². The van der Waals surface area contributed by atoms with Crippen molar-refractivity contribution in [1.82, 2.24) is 19.9 Å². The van der Waals surface area contributed by atoms with Crippen LogP contribution in [0.1, 0.15) is 22.8 Å². The van der Waals surface area contributed by atoms with Gasteiger partial charge in [-0.05, 0) is 78.9 Å². The molecular weight excluding hydrogens is 400 g/mol. The quantitative estimate of drug-likeness (QED) is 0.274. The largest absolute Gasteiger partial charge is 0.507 e. The molecule has 0 radical (unpaired) electrons. The lowest BCUT2D eigenvalue weighted by Gasteiger charge is -2.05. The molecule has 0 unspecified atom stereocenters. The Morgan fingerprint density at radius 1 is 0.562 bits per heavy atom. The van der Waals surface area contributed by atoms with Crippen LogP contribution in [0.4, 0.5) is 0 Å². The highest BCUT2D eigenvalue weighted by Gasteiger charge is 2.14. The number of hydrogen-bond acceptors (Lipinski definition) is 4. The van der Waals surface area contributed by atoms with Gasteiger partial charge in [-0.2, -0.15) is 0 Å². The third kappa shape index (κ3) is 3.24. The molecule has 0 saturated heterocycles. The minimum absolute atomic E-state index is 0.00943. The molecule has 0 saturated carbocycles. The van der Waals surface area contributed by atoms with Gasteiger partial charge in [0, 0.05) is 27.6 Å². The third-order valence-corrected chi connectivity index (χ3v) is 5.46. The molecule has 6 rings (SSSR count). The summed E-state index contributed by atoms with van der Waals surface area (Å²) in [5.74, 6) is 0.0189. The summed E-state index contributed by atoms with van der Waals surface area (Å²) in [4.78, 5) is 16.1. The molecule has 6 nitrogen and oxygen atoms in total. The average Bonchev–Trinajstić information content (AvgIpc) is 3.54. The zero-order valence-electron chi connectivity index (χ0n) is 16.9. The van der Waals surface area contributed by atoms with Gasteiger partial charge in [0.1, 0.15) is 11.5 Å². The molecular formula is C26H18N4O2. The fraction of sp³-hybridized carbons (Fsp3) is 0. The van der Waals surface area contributed by atoms with E-state index in [-0.39, 0.29) is 11.5 Å². The van der Waals surface area contributed by atoms with Gasteiger partial charge in [-0.1, -0.05) is 6.07 Å². The summed E-state index contributed by atoms with van der Waals surface area (Å²) in [5.41, 5.74) is 7.74. The summed E-state index contributed by atoms with van der Waals surface area (Å²) < 4.78 is 0. The van der Waals surface area contributed by atoms with Gasteiger partial charge in [0.05, 0.1) is 28.3 Å². The maximum absolute atomic E-state index is 10.5. The smallest absolute Gasteiger partial charge is 0.127 e. The van der Waals surface area contributed by atoms with Crippen molar-refractivity contribution in [1.29, 1.82) is 0 Å². The van der Waals surface area contributed by atoms with E-state index in [1.807, 2.05) is 66.8 Å². The summed E-state index contributed by atoms with van der Waals surface area (Å²) in [6.07, 6.45) is 7.81. The zero-order chi connectivity index (χ0) is 21.7. The Balaban J connectivity index is 1.70. The van der Waals surface area contributed by atoms with Crippen LogP contribution in [0.25, 0.3) is 57.5 Å². The van der Waals surface area contributed by atoms with Crippen molar-refractivity contribution in [3.63, 3.8) is 0 Å². The van der Waals surface area contributed by atoms with E-state index in [4.69, 9.17) is 0 Å². The number of rotatable bonds is 1. The van der Waals surface area contributed by atoms with E-state index in [0.29, 0.717) is 11.1 Å². The Hall–Kier alpha value is -4.58. The maximum Gasteiger partial charge on any atom is 0.127 e. The average molecular weight is 418 g/mol. The fourth-order valence-corrected chi connectivity index (χ4v) is 4.03. The summed E-state index contributed by atoms with van der Waals surface area (Å²) in [7, 11) is 0. The first-order valence-corrected chi connectivity index (χ1v) is 10.2. The molecule has 0 fully saturated rings. The molecule has 0 spiro atoms. The molecule has 0 amide bonds. The van der Waals surface area contributed by atoms with E-state index in [2.05, 4.69) is 19.9 Å².